The number of rotatable bonds is 4. The second kappa shape index (κ2) is 4.06. The van der Waals surface area contributed by atoms with Crippen LogP contribution in [0.25, 0.3) is 0 Å². The molecule has 12 heavy (non-hydrogen) atoms. The number of carbonyl (C=O) groups is 1. The first-order chi connectivity index (χ1) is 5.72. The third-order valence-electron chi connectivity index (χ3n) is 1.21. The van der Waals surface area contributed by atoms with Crippen LogP contribution in [0, 0.1) is 0 Å². The second-order valence-corrected chi connectivity index (χ2v) is 2.96. The zero-order valence-electron chi connectivity index (χ0n) is 6.61. The number of thiazole rings is 1. The van der Waals surface area contributed by atoms with Gasteiger partial charge in [-0.15, -0.1) is 0 Å². The van der Waals surface area contributed by atoms with Crippen molar-refractivity contribution in [2.75, 3.05) is 6.61 Å². The molecule has 5 heteroatoms. The van der Waals surface area contributed by atoms with Crippen molar-refractivity contribution >= 4 is 17.3 Å². The van der Waals surface area contributed by atoms with Crippen LogP contribution in [0.5, 0.6) is 5.19 Å². The summed E-state index contributed by atoms with van der Waals surface area (Å²) in [5, 5.41) is 10.6. The quantitative estimate of drug-likeness (QED) is 0.768. The standard InChI is InChI=1S/C7H9NO3S/c1-2-5-4-12-7(8-5)11-3-6(9)10/h4H,2-3H2,1H3,(H,9,10). The van der Waals surface area contributed by atoms with Crippen LogP contribution in [0.1, 0.15) is 12.6 Å². The van der Waals surface area contributed by atoms with Gasteiger partial charge in [-0.05, 0) is 6.42 Å². The van der Waals surface area contributed by atoms with Crippen molar-refractivity contribution in [3.8, 4) is 5.19 Å². The number of hydrogen-bond acceptors (Lipinski definition) is 4. The average molecular weight is 187 g/mol. The first kappa shape index (κ1) is 8.99. The van der Waals surface area contributed by atoms with E-state index in [4.69, 9.17) is 9.84 Å². The predicted octanol–water partition coefficient (Wildman–Crippen LogP) is 1.17. The highest BCUT2D eigenvalue weighted by Crippen LogP contribution is 2.17. The maximum absolute atomic E-state index is 10.1. The molecule has 0 aliphatic carbocycles. The number of aromatic nitrogens is 1. The lowest BCUT2D eigenvalue weighted by Gasteiger charge is -1.95. The number of nitrogens with zero attached hydrogens (tertiary/aromatic N) is 1. The average Bonchev–Trinajstić information content (AvgIpc) is 2.48. The van der Waals surface area contributed by atoms with Crippen LogP contribution in [0.4, 0.5) is 0 Å². The van der Waals surface area contributed by atoms with Crippen molar-refractivity contribution in [1.82, 2.24) is 4.98 Å². The Kier molecular flexibility index (Phi) is 3.04. The van der Waals surface area contributed by atoms with Crippen molar-refractivity contribution in [2.24, 2.45) is 0 Å². The van der Waals surface area contributed by atoms with Crippen LogP contribution in [0.3, 0.4) is 0 Å². The smallest absolute Gasteiger partial charge is 0.341 e. The zero-order chi connectivity index (χ0) is 8.97. The van der Waals surface area contributed by atoms with E-state index in [0.717, 1.165) is 12.1 Å². The minimum Gasteiger partial charge on any atom is -0.479 e. The third kappa shape index (κ3) is 2.50. The molecule has 1 aromatic rings. The van der Waals surface area contributed by atoms with Gasteiger partial charge >= 0.3 is 5.97 Å². The molecule has 1 aromatic heterocycles. The summed E-state index contributed by atoms with van der Waals surface area (Å²) in [5.74, 6) is -0.983. The van der Waals surface area contributed by atoms with Gasteiger partial charge in [0.15, 0.2) is 6.61 Å². The SMILES string of the molecule is CCc1csc(OCC(=O)O)n1. The predicted molar refractivity (Wildman–Crippen MR) is 44.6 cm³/mol. The topological polar surface area (TPSA) is 59.4 Å². The van der Waals surface area contributed by atoms with Gasteiger partial charge in [-0.2, -0.15) is 0 Å². The lowest BCUT2D eigenvalue weighted by Crippen LogP contribution is -2.09. The lowest BCUT2D eigenvalue weighted by atomic mass is 10.4. The molecule has 0 aromatic carbocycles. The molecule has 66 valence electrons. The summed E-state index contributed by atoms with van der Waals surface area (Å²) in [5.41, 5.74) is 0.931. The van der Waals surface area contributed by atoms with Gasteiger partial charge in [0, 0.05) is 5.38 Å². The molecule has 4 nitrogen and oxygen atoms in total. The Balaban J connectivity index is 2.47. The van der Waals surface area contributed by atoms with Crippen molar-refractivity contribution in [3.05, 3.63) is 11.1 Å². The maximum Gasteiger partial charge on any atom is 0.341 e. The fourth-order valence-electron chi connectivity index (χ4n) is 0.641. The Morgan fingerprint density at radius 3 is 3.08 bits per heavy atom. The highest BCUT2D eigenvalue weighted by Gasteiger charge is 2.03. The number of carboxylic acids is 1. The van der Waals surface area contributed by atoms with Crippen LogP contribution in [-0.2, 0) is 11.2 Å². The van der Waals surface area contributed by atoms with Gasteiger partial charge in [0.1, 0.15) is 0 Å². The van der Waals surface area contributed by atoms with Crippen LogP contribution >= 0.6 is 11.3 Å². The fraction of sp³-hybridized carbons (Fsp3) is 0.429. The molecule has 0 spiro atoms. The van der Waals surface area contributed by atoms with Gasteiger partial charge in [0.25, 0.3) is 5.19 Å². The van der Waals surface area contributed by atoms with Crippen LogP contribution in [0.2, 0.25) is 0 Å². The van der Waals surface area contributed by atoms with E-state index >= 15 is 0 Å². The van der Waals surface area contributed by atoms with E-state index in [1.165, 1.54) is 11.3 Å². The molecule has 0 saturated heterocycles. The Hall–Kier alpha value is -1.10. The lowest BCUT2D eigenvalue weighted by molar-refractivity contribution is -0.139. The van der Waals surface area contributed by atoms with Crippen molar-refractivity contribution in [1.29, 1.82) is 0 Å². The Bertz CT molecular complexity index is 271. The molecular weight excluding hydrogens is 178 g/mol. The van der Waals surface area contributed by atoms with E-state index < -0.39 is 5.97 Å². The first-order valence-electron chi connectivity index (χ1n) is 3.51. The molecule has 0 radical (unpaired) electrons. The molecule has 0 amide bonds. The van der Waals surface area contributed by atoms with Gasteiger partial charge in [-0.3, -0.25) is 0 Å². The number of hydrogen-bond donors (Lipinski definition) is 1. The molecule has 0 aliphatic rings. The number of aliphatic carboxylic acids is 1. The normalized spacial score (nSPS) is 9.75. The van der Waals surface area contributed by atoms with E-state index in [9.17, 15) is 4.79 Å². The molecule has 0 bridgehead atoms. The van der Waals surface area contributed by atoms with Gasteiger partial charge < -0.3 is 9.84 Å². The number of carboxylic acid groups (broad SMARTS) is 1. The van der Waals surface area contributed by atoms with Crippen LogP contribution in [0.15, 0.2) is 5.38 Å². The molecule has 1 N–H and O–H groups in total. The van der Waals surface area contributed by atoms with Crippen molar-refractivity contribution < 1.29 is 14.6 Å². The van der Waals surface area contributed by atoms with Crippen molar-refractivity contribution in [2.45, 2.75) is 13.3 Å². The maximum atomic E-state index is 10.1. The molecule has 0 fully saturated rings. The zero-order valence-corrected chi connectivity index (χ0v) is 7.43. The molecule has 0 saturated carbocycles. The molecule has 0 unspecified atom stereocenters. The molecule has 1 rings (SSSR count). The highest BCUT2D eigenvalue weighted by atomic mass is 32.1. The molecule has 1 heterocycles. The van der Waals surface area contributed by atoms with Gasteiger partial charge in [-0.1, -0.05) is 18.3 Å². The van der Waals surface area contributed by atoms with Gasteiger partial charge in [0.2, 0.25) is 0 Å². The van der Waals surface area contributed by atoms with E-state index in [0.29, 0.717) is 5.19 Å². The first-order valence-corrected chi connectivity index (χ1v) is 4.39. The minimum atomic E-state index is -0.983. The number of aryl methyl sites for hydroxylation is 1. The Labute approximate surface area is 73.8 Å². The number of ether oxygens (including phenoxy) is 1. The largest absolute Gasteiger partial charge is 0.479 e. The highest BCUT2D eigenvalue weighted by molar-refractivity contribution is 7.11. The Morgan fingerprint density at radius 2 is 2.58 bits per heavy atom. The summed E-state index contributed by atoms with van der Waals surface area (Å²) in [4.78, 5) is 14.1. The molecule has 0 aliphatic heterocycles. The minimum absolute atomic E-state index is 0.323. The monoisotopic (exact) mass is 187 g/mol. The summed E-state index contributed by atoms with van der Waals surface area (Å²) in [6.45, 7) is 1.66. The van der Waals surface area contributed by atoms with Gasteiger partial charge in [-0.25, -0.2) is 9.78 Å². The van der Waals surface area contributed by atoms with E-state index in [2.05, 4.69) is 4.98 Å². The van der Waals surface area contributed by atoms with Crippen LogP contribution < -0.4 is 4.74 Å². The second-order valence-electron chi connectivity index (χ2n) is 2.14. The van der Waals surface area contributed by atoms with E-state index in [-0.39, 0.29) is 6.61 Å². The summed E-state index contributed by atoms with van der Waals surface area (Å²) < 4.78 is 4.86. The van der Waals surface area contributed by atoms with Gasteiger partial charge in [0.05, 0.1) is 5.69 Å². The fourth-order valence-corrected chi connectivity index (χ4v) is 1.39. The summed E-state index contributed by atoms with van der Waals surface area (Å²) >= 11 is 1.32. The van der Waals surface area contributed by atoms with Crippen molar-refractivity contribution in [3.63, 3.8) is 0 Å². The van der Waals surface area contributed by atoms with E-state index in [1.54, 1.807) is 0 Å². The van der Waals surface area contributed by atoms with E-state index in [1.807, 2.05) is 12.3 Å². The summed E-state index contributed by atoms with van der Waals surface area (Å²) in [6, 6.07) is 0. The Morgan fingerprint density at radius 1 is 1.83 bits per heavy atom. The molecule has 0 atom stereocenters. The molecular formula is C7H9NO3S. The summed E-state index contributed by atoms with van der Waals surface area (Å²) in [7, 11) is 0. The summed E-state index contributed by atoms with van der Waals surface area (Å²) in [6.07, 6.45) is 0.840. The third-order valence-corrected chi connectivity index (χ3v) is 2.01. The van der Waals surface area contributed by atoms with Crippen LogP contribution in [-0.4, -0.2) is 22.7 Å².